The fourth-order valence-corrected chi connectivity index (χ4v) is 2.85. The van der Waals surface area contributed by atoms with Gasteiger partial charge < -0.3 is 9.64 Å². The number of rotatable bonds is 1. The zero-order chi connectivity index (χ0) is 12.0. The molecule has 3 rings (SSSR count). The van der Waals surface area contributed by atoms with Crippen molar-refractivity contribution in [3.8, 4) is 0 Å². The Morgan fingerprint density at radius 2 is 2.00 bits per heavy atom. The number of ether oxygens (including phenoxy) is 1. The van der Waals surface area contributed by atoms with Crippen LogP contribution in [0.3, 0.4) is 0 Å². The number of amidine groups is 1. The first-order chi connectivity index (χ1) is 8.16. The molecule has 0 aromatic rings. The van der Waals surface area contributed by atoms with Crippen LogP contribution in [0, 0.1) is 0 Å². The molecule has 94 valence electrons. The van der Waals surface area contributed by atoms with E-state index in [1.807, 2.05) is 0 Å². The summed E-state index contributed by atoms with van der Waals surface area (Å²) in [5.41, 5.74) is 2.91. The first kappa shape index (κ1) is 11.2. The highest BCUT2D eigenvalue weighted by Gasteiger charge is 2.34. The van der Waals surface area contributed by atoms with Crippen molar-refractivity contribution in [3.63, 3.8) is 0 Å². The van der Waals surface area contributed by atoms with Crippen LogP contribution in [0.5, 0.6) is 0 Å². The molecule has 1 atom stereocenters. The Balaban J connectivity index is 1.81. The van der Waals surface area contributed by atoms with Crippen molar-refractivity contribution in [3.05, 3.63) is 11.3 Å². The van der Waals surface area contributed by atoms with Crippen LogP contribution in [0.1, 0.15) is 20.8 Å². The molecule has 0 aromatic heterocycles. The van der Waals surface area contributed by atoms with E-state index in [9.17, 15) is 0 Å². The largest absolute Gasteiger partial charge is 0.378 e. The van der Waals surface area contributed by atoms with E-state index >= 15 is 0 Å². The number of hydrogen-bond acceptors (Lipinski definition) is 4. The molecule has 0 bridgehead atoms. The summed E-state index contributed by atoms with van der Waals surface area (Å²) >= 11 is 0. The Hall–Kier alpha value is -0.870. The Bertz CT molecular complexity index is 384. The Kier molecular flexibility index (Phi) is 2.71. The first-order valence-corrected chi connectivity index (χ1v) is 6.50. The number of aliphatic imine (C=N–C) groups is 1. The van der Waals surface area contributed by atoms with Crippen LogP contribution in [0.15, 0.2) is 16.3 Å². The van der Waals surface area contributed by atoms with Gasteiger partial charge in [-0.25, -0.2) is 0 Å². The Labute approximate surface area is 103 Å². The van der Waals surface area contributed by atoms with Crippen LogP contribution in [0.4, 0.5) is 0 Å². The third-order valence-corrected chi connectivity index (χ3v) is 4.28. The van der Waals surface area contributed by atoms with Gasteiger partial charge in [-0.3, -0.25) is 9.89 Å². The van der Waals surface area contributed by atoms with Crippen molar-refractivity contribution in [2.24, 2.45) is 4.99 Å². The summed E-state index contributed by atoms with van der Waals surface area (Å²) in [5, 5.41) is 0. The molecule has 1 unspecified atom stereocenters. The molecule has 0 aromatic carbocycles. The van der Waals surface area contributed by atoms with Crippen LogP contribution >= 0.6 is 0 Å². The standard InChI is InChI=1S/C13H21N3O/c1-9-10(2)14-11(3)16-5-4-15(6-13(9)16)12-7-17-8-12/h10,12H,4-8H2,1-3H3. The third-order valence-electron chi connectivity index (χ3n) is 4.28. The smallest absolute Gasteiger partial charge is 0.101 e. The van der Waals surface area contributed by atoms with Gasteiger partial charge in [0.1, 0.15) is 5.84 Å². The first-order valence-electron chi connectivity index (χ1n) is 6.50. The lowest BCUT2D eigenvalue weighted by Gasteiger charge is -2.46. The molecular formula is C13H21N3O. The van der Waals surface area contributed by atoms with Gasteiger partial charge in [0.05, 0.1) is 25.3 Å². The molecule has 0 amide bonds. The summed E-state index contributed by atoms with van der Waals surface area (Å²) in [6.07, 6.45) is 0. The van der Waals surface area contributed by atoms with E-state index in [-0.39, 0.29) is 0 Å². The topological polar surface area (TPSA) is 28.1 Å². The van der Waals surface area contributed by atoms with Gasteiger partial charge in [0.2, 0.25) is 0 Å². The van der Waals surface area contributed by atoms with Gasteiger partial charge in [-0.05, 0) is 26.3 Å². The highest BCUT2D eigenvalue weighted by Crippen LogP contribution is 2.27. The van der Waals surface area contributed by atoms with Crippen LogP contribution in [-0.2, 0) is 4.74 Å². The van der Waals surface area contributed by atoms with Crippen molar-refractivity contribution in [1.29, 1.82) is 0 Å². The maximum absolute atomic E-state index is 5.30. The average molecular weight is 235 g/mol. The van der Waals surface area contributed by atoms with Gasteiger partial charge in [0.15, 0.2) is 0 Å². The van der Waals surface area contributed by atoms with E-state index in [0.717, 1.165) is 32.8 Å². The van der Waals surface area contributed by atoms with E-state index in [2.05, 4.69) is 30.6 Å². The van der Waals surface area contributed by atoms with Crippen LogP contribution in [0.25, 0.3) is 0 Å². The molecule has 0 radical (unpaired) electrons. The highest BCUT2D eigenvalue weighted by molar-refractivity contribution is 5.83. The number of nitrogens with zero attached hydrogens (tertiary/aromatic N) is 3. The lowest BCUT2D eigenvalue weighted by molar-refractivity contribution is -0.0684. The van der Waals surface area contributed by atoms with Crippen LogP contribution < -0.4 is 0 Å². The zero-order valence-electron chi connectivity index (χ0n) is 10.9. The fraction of sp³-hybridized carbons (Fsp3) is 0.769. The molecule has 0 spiro atoms. The summed E-state index contributed by atoms with van der Waals surface area (Å²) in [6.45, 7) is 11.6. The second-order valence-corrected chi connectivity index (χ2v) is 5.30. The molecule has 3 heterocycles. The number of hydrogen-bond donors (Lipinski definition) is 0. The fourth-order valence-electron chi connectivity index (χ4n) is 2.85. The van der Waals surface area contributed by atoms with Crippen molar-refractivity contribution >= 4 is 5.84 Å². The second-order valence-electron chi connectivity index (χ2n) is 5.30. The normalized spacial score (nSPS) is 31.1. The van der Waals surface area contributed by atoms with Gasteiger partial charge in [-0.2, -0.15) is 0 Å². The molecule has 0 aliphatic carbocycles. The van der Waals surface area contributed by atoms with Gasteiger partial charge in [0.25, 0.3) is 0 Å². The van der Waals surface area contributed by atoms with Gasteiger partial charge in [-0.1, -0.05) is 0 Å². The predicted molar refractivity (Wildman–Crippen MR) is 68.2 cm³/mol. The second kappa shape index (κ2) is 4.10. The molecule has 4 heteroatoms. The summed E-state index contributed by atoms with van der Waals surface area (Å²) in [7, 11) is 0. The summed E-state index contributed by atoms with van der Waals surface area (Å²) in [4.78, 5) is 9.65. The van der Waals surface area contributed by atoms with E-state index in [1.165, 1.54) is 17.1 Å². The quantitative estimate of drug-likeness (QED) is 0.681. The van der Waals surface area contributed by atoms with Gasteiger partial charge in [0, 0.05) is 25.3 Å². The zero-order valence-corrected chi connectivity index (χ0v) is 10.9. The molecule has 4 nitrogen and oxygen atoms in total. The minimum Gasteiger partial charge on any atom is -0.378 e. The monoisotopic (exact) mass is 235 g/mol. The van der Waals surface area contributed by atoms with Gasteiger partial charge >= 0.3 is 0 Å². The van der Waals surface area contributed by atoms with E-state index < -0.39 is 0 Å². The highest BCUT2D eigenvalue weighted by atomic mass is 16.5. The van der Waals surface area contributed by atoms with Crippen molar-refractivity contribution in [2.75, 3.05) is 32.8 Å². The third kappa shape index (κ3) is 1.79. The minimum atomic E-state index is 0.346. The van der Waals surface area contributed by atoms with Crippen LogP contribution in [-0.4, -0.2) is 60.6 Å². The molecule has 0 saturated carbocycles. The van der Waals surface area contributed by atoms with E-state index in [1.54, 1.807) is 0 Å². The summed E-state index contributed by atoms with van der Waals surface area (Å²) < 4.78 is 5.30. The van der Waals surface area contributed by atoms with Crippen molar-refractivity contribution in [1.82, 2.24) is 9.80 Å². The van der Waals surface area contributed by atoms with E-state index in [0.29, 0.717) is 12.1 Å². The molecular weight excluding hydrogens is 214 g/mol. The SMILES string of the molecule is CC1=NC(C)C(C)=C2CN(C3COC3)CCN12. The Morgan fingerprint density at radius 3 is 2.65 bits per heavy atom. The van der Waals surface area contributed by atoms with Crippen LogP contribution in [0.2, 0.25) is 0 Å². The average Bonchev–Trinajstić information content (AvgIpc) is 2.23. The van der Waals surface area contributed by atoms with Crippen molar-refractivity contribution < 1.29 is 4.74 Å². The lowest BCUT2D eigenvalue weighted by atomic mass is 10.0. The number of fused-ring (bicyclic) bond motifs is 1. The van der Waals surface area contributed by atoms with Crippen molar-refractivity contribution in [2.45, 2.75) is 32.9 Å². The molecule has 0 N–H and O–H groups in total. The summed E-state index contributed by atoms with van der Waals surface area (Å²) in [5.74, 6) is 1.18. The van der Waals surface area contributed by atoms with Gasteiger partial charge in [-0.15, -0.1) is 0 Å². The maximum Gasteiger partial charge on any atom is 0.101 e. The molecule has 3 aliphatic rings. The number of piperazine rings is 1. The van der Waals surface area contributed by atoms with E-state index in [4.69, 9.17) is 9.73 Å². The molecule has 17 heavy (non-hydrogen) atoms. The summed E-state index contributed by atoms with van der Waals surface area (Å²) in [6, 6.07) is 0.991. The predicted octanol–water partition coefficient (Wildman–Crippen LogP) is 1.10. The lowest BCUT2D eigenvalue weighted by Crippen LogP contribution is -2.57. The molecule has 2 saturated heterocycles. The molecule has 3 aliphatic heterocycles. The minimum absolute atomic E-state index is 0.346. The maximum atomic E-state index is 5.30. The molecule has 2 fully saturated rings. The Morgan fingerprint density at radius 1 is 1.24 bits per heavy atom.